The van der Waals surface area contributed by atoms with Crippen LogP contribution in [0.5, 0.6) is 17.2 Å². The molecule has 2 atom stereocenters. The van der Waals surface area contributed by atoms with Gasteiger partial charge in [-0.2, -0.15) is 0 Å². The minimum Gasteiger partial charge on any atom is -0.493 e. The van der Waals surface area contributed by atoms with Crippen LogP contribution in [0.3, 0.4) is 0 Å². The van der Waals surface area contributed by atoms with Crippen LogP contribution in [0.15, 0.2) is 60.7 Å². The smallest absolute Gasteiger partial charge is 0.307 e. The van der Waals surface area contributed by atoms with Crippen molar-refractivity contribution in [3.63, 3.8) is 0 Å². The number of carboxylic acid groups (broad SMARTS) is 1. The van der Waals surface area contributed by atoms with Crippen molar-refractivity contribution in [3.8, 4) is 17.2 Å². The number of methoxy groups -OCH3 is 3. The van der Waals surface area contributed by atoms with Gasteiger partial charge in [0.1, 0.15) is 0 Å². The van der Waals surface area contributed by atoms with E-state index in [2.05, 4.69) is 10.3 Å². The number of amides is 2. The van der Waals surface area contributed by atoms with Crippen LogP contribution in [0.1, 0.15) is 53.6 Å². The lowest BCUT2D eigenvalue weighted by molar-refractivity contribution is -0.142. The summed E-state index contributed by atoms with van der Waals surface area (Å²) in [6, 6.07) is 19.0. The molecule has 52 heavy (non-hydrogen) atoms. The average Bonchev–Trinajstić information content (AvgIpc) is 3.83. The standard InChI is InChI=1S/C39H46Cl2N4O7/c1-50-32-21-27(22-33(51-2)34(32)52-3)35(46)44-20-13-38(25-44,29-9-10-30(40)31(41)23-29)12-17-43-18-14-39(15-19-43,28-7-5-4-6-8-28)37(49)42-45-16-11-26(24-45)36(47)48/h4-10,21-23,26H,11-20,24-25H2,1-3H3,(H,42,49)(H,47,48). The topological polar surface area (TPSA) is 121 Å². The van der Waals surface area contributed by atoms with E-state index in [0.717, 1.165) is 30.5 Å². The van der Waals surface area contributed by atoms with Gasteiger partial charge in [0.05, 0.1) is 42.7 Å². The summed E-state index contributed by atoms with van der Waals surface area (Å²) in [6.07, 6.45) is 3.24. The number of rotatable bonds is 12. The first-order chi connectivity index (χ1) is 25.0. The first-order valence-corrected chi connectivity index (χ1v) is 18.4. The number of likely N-dealkylation sites (tertiary alicyclic amines) is 2. The Morgan fingerprint density at radius 3 is 2.13 bits per heavy atom. The fraction of sp³-hybridized carbons (Fsp3) is 0.462. The number of carbonyl (C=O) groups is 3. The second-order valence-corrected chi connectivity index (χ2v) is 14.9. The molecular weight excluding hydrogens is 707 g/mol. The fourth-order valence-corrected chi connectivity index (χ4v) is 8.39. The average molecular weight is 754 g/mol. The summed E-state index contributed by atoms with van der Waals surface area (Å²) in [7, 11) is 4.58. The number of nitrogens with zero attached hydrogens (tertiary/aromatic N) is 3. The molecule has 3 aromatic carbocycles. The lowest BCUT2D eigenvalue weighted by Crippen LogP contribution is -2.55. The molecule has 2 N–H and O–H groups in total. The van der Waals surface area contributed by atoms with Crippen molar-refractivity contribution in [1.82, 2.24) is 20.2 Å². The Hall–Kier alpha value is -4.03. The van der Waals surface area contributed by atoms with Crippen LogP contribution >= 0.6 is 23.2 Å². The normalized spacial score (nSPS) is 21.9. The van der Waals surface area contributed by atoms with Gasteiger partial charge < -0.3 is 29.1 Å². The number of nitrogens with one attached hydrogen (secondary N) is 1. The number of hydrazine groups is 1. The van der Waals surface area contributed by atoms with E-state index < -0.39 is 17.3 Å². The van der Waals surface area contributed by atoms with E-state index in [1.54, 1.807) is 17.1 Å². The molecule has 2 amide bonds. The molecule has 0 radical (unpaired) electrons. The van der Waals surface area contributed by atoms with Crippen molar-refractivity contribution < 1.29 is 33.7 Å². The second kappa shape index (κ2) is 15.9. The maximum Gasteiger partial charge on any atom is 0.307 e. The monoisotopic (exact) mass is 752 g/mol. The number of benzene rings is 3. The number of aliphatic carboxylic acids is 1. The van der Waals surface area contributed by atoms with E-state index >= 15 is 0 Å². The molecule has 3 fully saturated rings. The van der Waals surface area contributed by atoms with Crippen molar-refractivity contribution in [2.24, 2.45) is 5.92 Å². The molecule has 3 aliphatic rings. The molecule has 278 valence electrons. The van der Waals surface area contributed by atoms with Crippen LogP contribution in [0, 0.1) is 5.92 Å². The third kappa shape index (κ3) is 7.55. The number of halogens is 2. The van der Waals surface area contributed by atoms with Gasteiger partial charge in [-0.05, 0) is 87.1 Å². The van der Waals surface area contributed by atoms with E-state index in [1.807, 2.05) is 53.4 Å². The predicted molar refractivity (Wildman–Crippen MR) is 199 cm³/mol. The third-order valence-electron chi connectivity index (χ3n) is 11.3. The van der Waals surface area contributed by atoms with E-state index in [0.29, 0.717) is 91.4 Å². The first kappa shape index (κ1) is 37.7. The van der Waals surface area contributed by atoms with Crippen molar-refractivity contribution in [3.05, 3.63) is 87.4 Å². The quantitative estimate of drug-likeness (QED) is 0.241. The van der Waals surface area contributed by atoms with Crippen LogP contribution in [0.25, 0.3) is 0 Å². The molecule has 3 aliphatic heterocycles. The van der Waals surface area contributed by atoms with Gasteiger partial charge in [-0.1, -0.05) is 59.6 Å². The predicted octanol–water partition coefficient (Wildman–Crippen LogP) is 5.66. The molecule has 13 heteroatoms. The number of hydrogen-bond donors (Lipinski definition) is 2. The van der Waals surface area contributed by atoms with Crippen LogP contribution in [-0.2, 0) is 20.4 Å². The second-order valence-electron chi connectivity index (χ2n) is 14.1. The van der Waals surface area contributed by atoms with Gasteiger partial charge in [-0.15, -0.1) is 0 Å². The zero-order valence-electron chi connectivity index (χ0n) is 29.8. The number of piperidine rings is 1. The van der Waals surface area contributed by atoms with Crippen LogP contribution < -0.4 is 19.6 Å². The minimum absolute atomic E-state index is 0.0894. The minimum atomic E-state index is -0.836. The SMILES string of the molecule is COc1cc(C(=O)N2CCC(CCN3CCC(C(=O)NN4CCC(C(=O)O)C4)(c4ccccc4)CC3)(c3ccc(Cl)c(Cl)c3)C2)cc(OC)c1OC. The molecule has 0 aromatic heterocycles. The highest BCUT2D eigenvalue weighted by Crippen LogP contribution is 2.43. The Balaban J connectivity index is 1.19. The van der Waals surface area contributed by atoms with Gasteiger partial charge in [0.2, 0.25) is 11.7 Å². The van der Waals surface area contributed by atoms with E-state index in [-0.39, 0.29) is 17.2 Å². The molecule has 3 aromatic rings. The van der Waals surface area contributed by atoms with Crippen molar-refractivity contribution in [2.45, 2.75) is 42.9 Å². The zero-order chi connectivity index (χ0) is 37.0. The number of ether oxygens (including phenoxy) is 3. The Morgan fingerprint density at radius 2 is 1.54 bits per heavy atom. The molecule has 0 saturated carbocycles. The summed E-state index contributed by atoms with van der Waals surface area (Å²) in [4.78, 5) is 43.9. The van der Waals surface area contributed by atoms with Gasteiger partial charge >= 0.3 is 5.97 Å². The lowest BCUT2D eigenvalue weighted by Gasteiger charge is -2.42. The molecule has 2 unspecified atom stereocenters. The lowest BCUT2D eigenvalue weighted by atomic mass is 9.71. The summed E-state index contributed by atoms with van der Waals surface area (Å²) in [5, 5.41) is 12.2. The highest BCUT2D eigenvalue weighted by molar-refractivity contribution is 6.42. The van der Waals surface area contributed by atoms with Crippen LogP contribution in [0.2, 0.25) is 10.0 Å². The van der Waals surface area contributed by atoms with Crippen molar-refractivity contribution >= 4 is 41.0 Å². The number of hydrogen-bond acceptors (Lipinski definition) is 8. The summed E-state index contributed by atoms with van der Waals surface area (Å²) in [5.41, 5.74) is 4.40. The first-order valence-electron chi connectivity index (χ1n) is 17.6. The molecule has 0 aliphatic carbocycles. The Morgan fingerprint density at radius 1 is 0.846 bits per heavy atom. The van der Waals surface area contributed by atoms with Crippen molar-refractivity contribution in [1.29, 1.82) is 0 Å². The number of carbonyl (C=O) groups excluding carboxylic acids is 2. The largest absolute Gasteiger partial charge is 0.493 e. The van der Waals surface area contributed by atoms with Crippen LogP contribution in [-0.4, -0.2) is 105 Å². The highest BCUT2D eigenvalue weighted by Gasteiger charge is 2.46. The molecular formula is C39H46Cl2N4O7. The third-order valence-corrected chi connectivity index (χ3v) is 12.0. The number of carboxylic acids is 1. The summed E-state index contributed by atoms with van der Waals surface area (Å²) < 4.78 is 16.5. The van der Waals surface area contributed by atoms with E-state index in [9.17, 15) is 19.5 Å². The molecule has 0 spiro atoms. The Bertz CT molecular complexity index is 1760. The van der Waals surface area contributed by atoms with Gasteiger partial charge in [-0.3, -0.25) is 19.8 Å². The molecule has 3 saturated heterocycles. The van der Waals surface area contributed by atoms with Gasteiger partial charge in [0, 0.05) is 37.2 Å². The zero-order valence-corrected chi connectivity index (χ0v) is 31.3. The Kier molecular flexibility index (Phi) is 11.5. The molecule has 3 heterocycles. The maximum atomic E-state index is 14.1. The van der Waals surface area contributed by atoms with Crippen molar-refractivity contribution in [2.75, 3.05) is 67.1 Å². The van der Waals surface area contributed by atoms with Crippen LogP contribution in [0.4, 0.5) is 0 Å². The Labute approximate surface area is 314 Å². The highest BCUT2D eigenvalue weighted by atomic mass is 35.5. The maximum absolute atomic E-state index is 14.1. The van der Waals surface area contributed by atoms with E-state index in [1.165, 1.54) is 21.3 Å². The summed E-state index contributed by atoms with van der Waals surface area (Å²) in [6.45, 7) is 4.00. The fourth-order valence-electron chi connectivity index (χ4n) is 8.09. The molecule has 11 nitrogen and oxygen atoms in total. The van der Waals surface area contributed by atoms with Gasteiger partial charge in [0.25, 0.3) is 5.91 Å². The molecule has 6 rings (SSSR count). The van der Waals surface area contributed by atoms with Gasteiger partial charge in [-0.25, -0.2) is 5.01 Å². The summed E-state index contributed by atoms with van der Waals surface area (Å²) >= 11 is 12.9. The molecule has 0 bridgehead atoms. The summed E-state index contributed by atoms with van der Waals surface area (Å²) in [5.74, 6) is -0.297. The van der Waals surface area contributed by atoms with Gasteiger partial charge in [0.15, 0.2) is 11.5 Å². The van der Waals surface area contributed by atoms with E-state index in [4.69, 9.17) is 37.4 Å².